The van der Waals surface area contributed by atoms with Crippen LogP contribution in [0.15, 0.2) is 11.2 Å². The molecule has 5 nitrogen and oxygen atoms in total. The molecular weight excluding hydrogens is 309 g/mol. The van der Waals surface area contributed by atoms with E-state index in [2.05, 4.69) is 5.10 Å². The van der Waals surface area contributed by atoms with Crippen molar-refractivity contribution in [1.82, 2.24) is 14.1 Å². The summed E-state index contributed by atoms with van der Waals surface area (Å²) in [4.78, 5) is 0. The van der Waals surface area contributed by atoms with Crippen molar-refractivity contribution in [3.05, 3.63) is 11.2 Å². The second kappa shape index (κ2) is 5.60. The third kappa shape index (κ3) is 2.91. The van der Waals surface area contributed by atoms with Gasteiger partial charge in [-0.1, -0.05) is 11.6 Å². The highest BCUT2D eigenvalue weighted by Crippen LogP contribution is 2.29. The van der Waals surface area contributed by atoms with Crippen LogP contribution in [-0.2, 0) is 17.1 Å². The Balaban J connectivity index is 2.19. The summed E-state index contributed by atoms with van der Waals surface area (Å²) in [5.41, 5.74) is 0. The Morgan fingerprint density at radius 2 is 2.00 bits per heavy atom. The lowest BCUT2D eigenvalue weighted by atomic mass is 9.95. The smallest absolute Gasteiger partial charge is 0.255 e. The Morgan fingerprint density at radius 3 is 2.42 bits per heavy atom. The third-order valence-corrected chi connectivity index (χ3v) is 6.34. The number of sulfonamides is 1. The van der Waals surface area contributed by atoms with E-state index in [-0.39, 0.29) is 15.4 Å². The summed E-state index contributed by atoms with van der Waals surface area (Å²) in [6.45, 7) is 2.91. The molecule has 0 saturated carbocycles. The number of hydrogen-bond acceptors (Lipinski definition) is 3. The van der Waals surface area contributed by atoms with E-state index in [0.29, 0.717) is 19.0 Å². The maximum atomic E-state index is 12.5. The minimum absolute atomic E-state index is 0.0616. The molecule has 1 unspecified atom stereocenters. The van der Waals surface area contributed by atoms with Gasteiger partial charge in [-0.05, 0) is 25.7 Å². The Morgan fingerprint density at radius 1 is 1.42 bits per heavy atom. The quantitative estimate of drug-likeness (QED) is 0.800. The number of rotatable bonds is 3. The van der Waals surface area contributed by atoms with Crippen molar-refractivity contribution in [2.75, 3.05) is 13.1 Å². The molecule has 0 aromatic carbocycles. The van der Waals surface area contributed by atoms with Gasteiger partial charge >= 0.3 is 0 Å². The number of aryl methyl sites for hydroxylation is 1. The molecule has 0 amide bonds. The molecule has 108 valence electrons. The molecule has 0 radical (unpaired) electrons. The zero-order valence-electron chi connectivity index (χ0n) is 10.9. The van der Waals surface area contributed by atoms with E-state index >= 15 is 0 Å². The van der Waals surface area contributed by atoms with Crippen LogP contribution in [0.3, 0.4) is 0 Å². The van der Waals surface area contributed by atoms with Gasteiger partial charge in [-0.15, -0.1) is 11.6 Å². The predicted molar refractivity (Wildman–Crippen MR) is 75.0 cm³/mol. The first-order chi connectivity index (χ1) is 8.84. The average Bonchev–Trinajstić information content (AvgIpc) is 2.69. The van der Waals surface area contributed by atoms with Gasteiger partial charge in [0.1, 0.15) is 0 Å². The van der Waals surface area contributed by atoms with Crippen LogP contribution in [0.1, 0.15) is 19.8 Å². The minimum atomic E-state index is -3.57. The van der Waals surface area contributed by atoms with E-state index in [9.17, 15) is 8.42 Å². The molecule has 1 aromatic heterocycles. The molecule has 1 saturated heterocycles. The van der Waals surface area contributed by atoms with Crippen molar-refractivity contribution in [2.45, 2.75) is 30.2 Å². The summed E-state index contributed by atoms with van der Waals surface area (Å²) in [7, 11) is -1.99. The van der Waals surface area contributed by atoms with E-state index in [1.54, 1.807) is 7.05 Å². The number of piperidine rings is 1. The van der Waals surface area contributed by atoms with Crippen molar-refractivity contribution in [3.63, 3.8) is 0 Å². The van der Waals surface area contributed by atoms with Crippen molar-refractivity contribution >= 4 is 33.2 Å². The molecule has 0 N–H and O–H groups in total. The monoisotopic (exact) mass is 325 g/mol. The van der Waals surface area contributed by atoms with E-state index in [1.165, 1.54) is 15.2 Å². The van der Waals surface area contributed by atoms with Crippen molar-refractivity contribution in [3.8, 4) is 0 Å². The average molecular weight is 326 g/mol. The molecule has 0 bridgehead atoms. The SMILES string of the molecule is CC(Cl)C1CCN(S(=O)(=O)c2c(Cl)cnn2C)CC1. The Hall–Kier alpha value is -0.300. The standard InChI is InChI=1S/C11H17Cl2N3O2S/c1-8(12)9-3-5-16(6-4-9)19(17,18)11-10(13)7-14-15(11)2/h7-9H,3-6H2,1-2H3. The van der Waals surface area contributed by atoms with Gasteiger partial charge in [0, 0.05) is 25.5 Å². The van der Waals surface area contributed by atoms with Gasteiger partial charge in [0.25, 0.3) is 10.0 Å². The minimum Gasteiger partial charge on any atom is -0.255 e. The van der Waals surface area contributed by atoms with Gasteiger partial charge in [0.2, 0.25) is 0 Å². The topological polar surface area (TPSA) is 55.2 Å². The maximum absolute atomic E-state index is 12.5. The number of alkyl halides is 1. The van der Waals surface area contributed by atoms with E-state index in [1.807, 2.05) is 6.92 Å². The number of nitrogens with zero attached hydrogens (tertiary/aromatic N) is 3. The van der Waals surface area contributed by atoms with Crippen LogP contribution in [0.2, 0.25) is 5.02 Å². The first-order valence-electron chi connectivity index (χ1n) is 6.15. The molecule has 1 aromatic rings. The highest BCUT2D eigenvalue weighted by atomic mass is 35.5. The fraction of sp³-hybridized carbons (Fsp3) is 0.727. The fourth-order valence-electron chi connectivity index (χ4n) is 2.39. The zero-order chi connectivity index (χ0) is 14.2. The van der Waals surface area contributed by atoms with Gasteiger partial charge in [-0.25, -0.2) is 8.42 Å². The van der Waals surface area contributed by atoms with E-state index < -0.39 is 10.0 Å². The summed E-state index contributed by atoms with van der Waals surface area (Å²) < 4.78 is 27.8. The number of hydrogen-bond donors (Lipinski definition) is 0. The summed E-state index contributed by atoms with van der Waals surface area (Å²) in [5.74, 6) is 0.370. The van der Waals surface area contributed by atoms with Gasteiger partial charge in [-0.3, -0.25) is 4.68 Å². The lowest BCUT2D eigenvalue weighted by Gasteiger charge is -2.32. The summed E-state index contributed by atoms with van der Waals surface area (Å²) in [6.07, 6.45) is 2.90. The van der Waals surface area contributed by atoms with Gasteiger partial charge in [0.15, 0.2) is 5.03 Å². The Kier molecular flexibility index (Phi) is 4.45. The molecule has 1 aliphatic heterocycles. The van der Waals surface area contributed by atoms with Crippen LogP contribution in [0.25, 0.3) is 0 Å². The largest absolute Gasteiger partial charge is 0.261 e. The first kappa shape index (κ1) is 15.1. The van der Waals surface area contributed by atoms with Crippen LogP contribution >= 0.6 is 23.2 Å². The second-order valence-corrected chi connectivity index (χ2v) is 7.79. The zero-order valence-corrected chi connectivity index (χ0v) is 13.2. The summed E-state index contributed by atoms with van der Waals surface area (Å²) in [5, 5.41) is 4.18. The first-order valence-corrected chi connectivity index (χ1v) is 8.41. The van der Waals surface area contributed by atoms with Gasteiger partial charge in [0.05, 0.1) is 11.2 Å². The van der Waals surface area contributed by atoms with Crippen molar-refractivity contribution in [2.24, 2.45) is 13.0 Å². The van der Waals surface area contributed by atoms with Gasteiger partial charge < -0.3 is 0 Å². The highest BCUT2D eigenvalue weighted by Gasteiger charge is 2.34. The molecule has 8 heteroatoms. The fourth-order valence-corrected chi connectivity index (χ4v) is 4.71. The maximum Gasteiger partial charge on any atom is 0.261 e. The lowest BCUT2D eigenvalue weighted by Crippen LogP contribution is -2.40. The van der Waals surface area contributed by atoms with Crippen molar-refractivity contribution < 1.29 is 8.42 Å². The molecule has 1 atom stereocenters. The van der Waals surface area contributed by atoms with Crippen LogP contribution < -0.4 is 0 Å². The highest BCUT2D eigenvalue weighted by molar-refractivity contribution is 7.89. The molecule has 0 aliphatic carbocycles. The van der Waals surface area contributed by atoms with Crippen LogP contribution in [0, 0.1) is 5.92 Å². The predicted octanol–water partition coefficient (Wildman–Crippen LogP) is 2.10. The van der Waals surface area contributed by atoms with E-state index in [4.69, 9.17) is 23.2 Å². The summed E-state index contributed by atoms with van der Waals surface area (Å²) >= 11 is 12.0. The molecule has 19 heavy (non-hydrogen) atoms. The summed E-state index contributed by atoms with van der Waals surface area (Å²) in [6, 6.07) is 0. The molecule has 1 fully saturated rings. The number of halogens is 2. The van der Waals surface area contributed by atoms with Crippen LogP contribution in [0.5, 0.6) is 0 Å². The normalized spacial score (nSPS) is 20.6. The Labute approximate surface area is 123 Å². The van der Waals surface area contributed by atoms with Crippen LogP contribution in [0.4, 0.5) is 0 Å². The van der Waals surface area contributed by atoms with Gasteiger partial charge in [-0.2, -0.15) is 9.40 Å². The second-order valence-electron chi connectivity index (χ2n) is 4.84. The molecular formula is C11H17Cl2N3O2S. The molecule has 0 spiro atoms. The van der Waals surface area contributed by atoms with Crippen LogP contribution in [-0.4, -0.2) is 41.0 Å². The van der Waals surface area contributed by atoms with Crippen molar-refractivity contribution in [1.29, 1.82) is 0 Å². The van der Waals surface area contributed by atoms with E-state index in [0.717, 1.165) is 12.8 Å². The molecule has 2 rings (SSSR count). The third-order valence-electron chi connectivity index (χ3n) is 3.57. The Bertz CT molecular complexity index is 529. The molecule has 2 heterocycles. The molecule has 1 aliphatic rings. The lowest BCUT2D eigenvalue weighted by molar-refractivity contribution is 0.270. The number of aromatic nitrogens is 2.